The Kier molecular flexibility index (Phi) is 7.95. The number of benzene rings is 2. The highest BCUT2D eigenvalue weighted by atomic mass is 16.5. The molecule has 2 fully saturated rings. The number of hydrogen-bond donors (Lipinski definition) is 0. The van der Waals surface area contributed by atoms with E-state index in [4.69, 9.17) is 4.74 Å². The number of ether oxygens (including phenoxy) is 1. The second-order valence-electron chi connectivity index (χ2n) is 9.05. The molecule has 4 rings (SSSR count). The zero-order valence-corrected chi connectivity index (χ0v) is 19.3. The summed E-state index contributed by atoms with van der Waals surface area (Å²) in [7, 11) is 0. The molecule has 0 unspecified atom stereocenters. The minimum Gasteiger partial charge on any atom is -0.378 e. The monoisotopic (exact) mass is 446 g/mol. The van der Waals surface area contributed by atoms with Crippen molar-refractivity contribution >= 4 is 11.8 Å². The predicted octanol–water partition coefficient (Wildman–Crippen LogP) is 4.33. The van der Waals surface area contributed by atoms with Crippen molar-refractivity contribution < 1.29 is 14.3 Å². The normalized spacial score (nSPS) is 21.2. The number of carbonyl (C=O) groups excluding carboxylic acids is 2. The molecule has 33 heavy (non-hydrogen) atoms. The van der Waals surface area contributed by atoms with Gasteiger partial charge < -0.3 is 14.5 Å². The lowest BCUT2D eigenvalue weighted by molar-refractivity contribution is -0.134. The highest BCUT2D eigenvalue weighted by molar-refractivity contribution is 5.82. The minimum absolute atomic E-state index is 0.106. The number of nitrogens with zero attached hydrogens (tertiary/aromatic N) is 2. The van der Waals surface area contributed by atoms with Crippen LogP contribution in [0.4, 0.5) is 0 Å². The highest BCUT2D eigenvalue weighted by Gasteiger charge is 2.32. The maximum absolute atomic E-state index is 13.4. The molecular formula is C28H34N2O3. The van der Waals surface area contributed by atoms with E-state index < -0.39 is 0 Å². The van der Waals surface area contributed by atoms with Gasteiger partial charge in [0.15, 0.2) is 0 Å². The number of amides is 2. The van der Waals surface area contributed by atoms with Gasteiger partial charge in [0, 0.05) is 39.2 Å². The average molecular weight is 447 g/mol. The third-order valence-electron chi connectivity index (χ3n) is 6.66. The van der Waals surface area contributed by atoms with Crippen molar-refractivity contribution in [1.29, 1.82) is 0 Å². The second kappa shape index (κ2) is 11.3. The molecule has 2 amide bonds. The Morgan fingerprint density at radius 2 is 1.91 bits per heavy atom. The van der Waals surface area contributed by atoms with Crippen LogP contribution in [0.5, 0.6) is 0 Å². The van der Waals surface area contributed by atoms with Gasteiger partial charge in [-0.25, -0.2) is 0 Å². The van der Waals surface area contributed by atoms with E-state index >= 15 is 0 Å². The first-order chi connectivity index (χ1) is 16.1. The van der Waals surface area contributed by atoms with Crippen LogP contribution in [-0.4, -0.2) is 60.5 Å². The van der Waals surface area contributed by atoms with E-state index in [1.165, 1.54) is 0 Å². The van der Waals surface area contributed by atoms with Gasteiger partial charge in [0.2, 0.25) is 11.8 Å². The van der Waals surface area contributed by atoms with Gasteiger partial charge in [0.05, 0.1) is 12.0 Å². The molecule has 2 aliphatic heterocycles. The molecule has 0 aliphatic carbocycles. The van der Waals surface area contributed by atoms with Crippen LogP contribution in [0.15, 0.2) is 67.3 Å². The molecule has 2 atom stereocenters. The molecular weight excluding hydrogens is 412 g/mol. The maximum atomic E-state index is 13.4. The Hall–Kier alpha value is -2.92. The van der Waals surface area contributed by atoms with E-state index in [2.05, 4.69) is 36.9 Å². The minimum atomic E-state index is -0.259. The summed E-state index contributed by atoms with van der Waals surface area (Å²) < 4.78 is 5.69. The maximum Gasteiger partial charge on any atom is 0.228 e. The smallest absolute Gasteiger partial charge is 0.228 e. The third-order valence-corrected chi connectivity index (χ3v) is 6.66. The van der Waals surface area contributed by atoms with Crippen LogP contribution in [0.3, 0.4) is 0 Å². The molecule has 5 heteroatoms. The van der Waals surface area contributed by atoms with E-state index in [-0.39, 0.29) is 23.8 Å². The van der Waals surface area contributed by atoms with Crippen LogP contribution >= 0.6 is 0 Å². The molecule has 0 saturated carbocycles. The summed E-state index contributed by atoms with van der Waals surface area (Å²) in [5, 5.41) is 0. The van der Waals surface area contributed by atoms with Gasteiger partial charge in [0.1, 0.15) is 0 Å². The lowest BCUT2D eigenvalue weighted by atomic mass is 9.94. The molecule has 5 nitrogen and oxygen atoms in total. The summed E-state index contributed by atoms with van der Waals surface area (Å²) in [4.78, 5) is 30.1. The van der Waals surface area contributed by atoms with Gasteiger partial charge >= 0.3 is 0 Å². The number of rotatable bonds is 8. The van der Waals surface area contributed by atoms with Crippen molar-refractivity contribution in [2.24, 2.45) is 5.92 Å². The van der Waals surface area contributed by atoms with Crippen LogP contribution in [0.2, 0.25) is 0 Å². The first kappa shape index (κ1) is 23.2. The Labute approximate surface area is 197 Å². The van der Waals surface area contributed by atoms with Crippen molar-refractivity contribution in [3.63, 3.8) is 0 Å². The first-order valence-electron chi connectivity index (χ1n) is 12.1. The van der Waals surface area contributed by atoms with Crippen LogP contribution in [0.25, 0.3) is 11.1 Å². The van der Waals surface area contributed by atoms with Gasteiger partial charge in [-0.15, -0.1) is 6.58 Å². The molecule has 2 heterocycles. The van der Waals surface area contributed by atoms with Gasteiger partial charge in [0.25, 0.3) is 0 Å². The number of carbonyl (C=O) groups is 2. The lowest BCUT2D eigenvalue weighted by Gasteiger charge is -2.24. The topological polar surface area (TPSA) is 49.9 Å². The van der Waals surface area contributed by atoms with E-state index in [0.717, 1.165) is 42.6 Å². The fourth-order valence-corrected chi connectivity index (χ4v) is 4.87. The van der Waals surface area contributed by atoms with Crippen LogP contribution in [-0.2, 0) is 20.7 Å². The zero-order valence-electron chi connectivity index (χ0n) is 19.3. The summed E-state index contributed by atoms with van der Waals surface area (Å²) in [6.07, 6.45) is 5.95. The molecule has 0 spiro atoms. The lowest BCUT2D eigenvalue weighted by Crippen LogP contribution is -2.38. The second-order valence-corrected chi connectivity index (χ2v) is 9.05. The van der Waals surface area contributed by atoms with Crippen molar-refractivity contribution in [2.75, 3.05) is 32.8 Å². The molecule has 0 radical (unpaired) electrons. The Bertz CT molecular complexity index is 953. The van der Waals surface area contributed by atoms with E-state index in [9.17, 15) is 9.59 Å². The molecule has 0 bridgehead atoms. The number of hydrogen-bond acceptors (Lipinski definition) is 3. The molecule has 2 saturated heterocycles. The Morgan fingerprint density at radius 1 is 1.09 bits per heavy atom. The third kappa shape index (κ3) is 6.11. The molecule has 2 aromatic rings. The van der Waals surface area contributed by atoms with Gasteiger partial charge in [-0.2, -0.15) is 0 Å². The summed E-state index contributed by atoms with van der Waals surface area (Å²) in [5.41, 5.74) is 3.41. The Balaban J connectivity index is 1.48. The quantitative estimate of drug-likeness (QED) is 0.567. The largest absolute Gasteiger partial charge is 0.378 e. The Morgan fingerprint density at radius 3 is 2.67 bits per heavy atom. The van der Waals surface area contributed by atoms with E-state index in [1.807, 2.05) is 34.1 Å². The van der Waals surface area contributed by atoms with E-state index in [1.54, 1.807) is 6.08 Å². The van der Waals surface area contributed by atoms with Crippen molar-refractivity contribution in [3.8, 4) is 11.1 Å². The summed E-state index contributed by atoms with van der Waals surface area (Å²) in [5.74, 6) is -0.0265. The van der Waals surface area contributed by atoms with Crippen molar-refractivity contribution in [1.82, 2.24) is 9.80 Å². The van der Waals surface area contributed by atoms with E-state index in [0.29, 0.717) is 39.0 Å². The van der Waals surface area contributed by atoms with Crippen molar-refractivity contribution in [2.45, 2.75) is 38.2 Å². The molecule has 0 N–H and O–H groups in total. The summed E-state index contributed by atoms with van der Waals surface area (Å²) in [6.45, 7) is 6.72. The average Bonchev–Trinajstić information content (AvgIpc) is 3.32. The van der Waals surface area contributed by atoms with Gasteiger partial charge in [-0.3, -0.25) is 9.59 Å². The SMILES string of the molecule is C=CCN1CCN(C(=O)CC[C@@H]2CCCO2)C[C@@H](Cc2cccc(-c3ccccc3)c2)C1=O. The van der Waals surface area contributed by atoms with Crippen LogP contribution < -0.4 is 0 Å². The summed E-state index contributed by atoms with van der Waals surface area (Å²) in [6, 6.07) is 18.6. The fourth-order valence-electron chi connectivity index (χ4n) is 4.87. The van der Waals surface area contributed by atoms with Gasteiger partial charge in [-0.05, 0) is 42.4 Å². The van der Waals surface area contributed by atoms with Gasteiger partial charge in [-0.1, -0.05) is 60.7 Å². The molecule has 2 aliphatic rings. The molecule has 174 valence electrons. The predicted molar refractivity (Wildman–Crippen MR) is 131 cm³/mol. The summed E-state index contributed by atoms with van der Waals surface area (Å²) >= 11 is 0. The molecule has 2 aromatic carbocycles. The standard InChI is InChI=1S/C28H34N2O3/c1-2-15-29-16-17-30(27(31)14-13-26-12-7-18-33-26)21-25(28(29)32)20-22-8-6-11-24(19-22)23-9-4-3-5-10-23/h2-6,8-11,19,25-26H,1,7,12-18,20-21H2/t25-,26+/m1/s1. The molecule has 0 aromatic heterocycles. The van der Waals surface area contributed by atoms with Crippen molar-refractivity contribution in [3.05, 3.63) is 72.8 Å². The zero-order chi connectivity index (χ0) is 23.0. The van der Waals surface area contributed by atoms with Crippen LogP contribution in [0, 0.1) is 5.92 Å². The first-order valence-corrected chi connectivity index (χ1v) is 12.1. The fraction of sp³-hybridized carbons (Fsp3) is 0.429. The van der Waals surface area contributed by atoms with Crippen LogP contribution in [0.1, 0.15) is 31.2 Å². The highest BCUT2D eigenvalue weighted by Crippen LogP contribution is 2.24.